The lowest BCUT2D eigenvalue weighted by molar-refractivity contribution is 0.0660. The summed E-state index contributed by atoms with van der Waals surface area (Å²) < 4.78 is 0.892. The topological polar surface area (TPSA) is 49.6 Å². The van der Waals surface area contributed by atoms with E-state index in [-0.39, 0.29) is 5.91 Å². The van der Waals surface area contributed by atoms with Gasteiger partial charge in [-0.1, -0.05) is 15.9 Å². The van der Waals surface area contributed by atoms with Crippen molar-refractivity contribution in [3.63, 3.8) is 0 Å². The number of likely N-dealkylation sites (tertiary alicyclic amines) is 1. The van der Waals surface area contributed by atoms with Crippen LogP contribution in [0.3, 0.4) is 0 Å². The van der Waals surface area contributed by atoms with Crippen LogP contribution in [0.4, 0.5) is 5.69 Å². The molecule has 1 aromatic rings. The summed E-state index contributed by atoms with van der Waals surface area (Å²) in [5, 5.41) is 0. The Bertz CT molecular complexity index is 470. The molecule has 1 saturated heterocycles. The number of nitrogens with zero attached hydrogens (tertiary/aromatic N) is 2. The number of nitrogen functional groups attached to an aromatic ring is 1. The maximum atomic E-state index is 12.5. The van der Waals surface area contributed by atoms with Crippen LogP contribution in [0.5, 0.6) is 0 Å². The molecule has 1 amide bonds. The highest BCUT2D eigenvalue weighted by atomic mass is 79.9. The van der Waals surface area contributed by atoms with Crippen LogP contribution in [0.25, 0.3) is 0 Å². The molecule has 0 bridgehead atoms. The highest BCUT2D eigenvalue weighted by molar-refractivity contribution is 9.10. The van der Waals surface area contributed by atoms with Crippen LogP contribution in [0, 0.1) is 0 Å². The molecular weight excluding hydrogens is 306 g/mol. The van der Waals surface area contributed by atoms with Gasteiger partial charge in [0.1, 0.15) is 0 Å². The lowest BCUT2D eigenvalue weighted by Gasteiger charge is -2.35. The van der Waals surface area contributed by atoms with E-state index in [1.165, 1.54) is 0 Å². The predicted molar refractivity (Wildman–Crippen MR) is 81.2 cm³/mol. The van der Waals surface area contributed by atoms with E-state index >= 15 is 0 Å². The second-order valence-corrected chi connectivity index (χ2v) is 6.10. The Morgan fingerprint density at radius 3 is 2.63 bits per heavy atom. The summed E-state index contributed by atoms with van der Waals surface area (Å²) >= 11 is 3.36. The fourth-order valence-corrected chi connectivity index (χ4v) is 2.85. The van der Waals surface area contributed by atoms with Crippen molar-refractivity contribution in [3.8, 4) is 0 Å². The molecule has 1 aliphatic rings. The first-order chi connectivity index (χ1) is 8.99. The van der Waals surface area contributed by atoms with Gasteiger partial charge in [0.25, 0.3) is 5.91 Å². The van der Waals surface area contributed by atoms with E-state index in [9.17, 15) is 4.79 Å². The highest BCUT2D eigenvalue weighted by Crippen LogP contribution is 2.22. The van der Waals surface area contributed by atoms with Crippen molar-refractivity contribution in [2.75, 3.05) is 32.9 Å². The van der Waals surface area contributed by atoms with E-state index in [2.05, 4.69) is 27.9 Å². The summed E-state index contributed by atoms with van der Waals surface area (Å²) in [5.74, 6) is 0.0135. The zero-order chi connectivity index (χ0) is 14.0. The van der Waals surface area contributed by atoms with Crippen LogP contribution < -0.4 is 5.73 Å². The SMILES string of the molecule is CN1CCC(N(C)C(=O)c2ccc(Br)cc2N)CC1. The van der Waals surface area contributed by atoms with Gasteiger partial charge >= 0.3 is 0 Å². The minimum atomic E-state index is 0.0135. The van der Waals surface area contributed by atoms with Gasteiger partial charge in [-0.3, -0.25) is 4.79 Å². The van der Waals surface area contributed by atoms with Crippen LogP contribution in [0.1, 0.15) is 23.2 Å². The van der Waals surface area contributed by atoms with Crippen LogP contribution in [0.15, 0.2) is 22.7 Å². The second-order valence-electron chi connectivity index (χ2n) is 5.18. The maximum absolute atomic E-state index is 12.5. The van der Waals surface area contributed by atoms with E-state index in [1.54, 1.807) is 12.1 Å². The molecule has 0 aliphatic carbocycles. The summed E-state index contributed by atoms with van der Waals surface area (Å²) in [7, 11) is 3.99. The summed E-state index contributed by atoms with van der Waals surface area (Å²) in [4.78, 5) is 16.6. The molecule has 0 saturated carbocycles. The monoisotopic (exact) mass is 325 g/mol. The fourth-order valence-electron chi connectivity index (χ4n) is 2.47. The van der Waals surface area contributed by atoms with Crippen LogP contribution >= 0.6 is 15.9 Å². The van der Waals surface area contributed by atoms with Crippen molar-refractivity contribution in [2.45, 2.75) is 18.9 Å². The number of carbonyl (C=O) groups excluding carboxylic acids is 1. The fraction of sp³-hybridized carbons (Fsp3) is 0.500. The van der Waals surface area contributed by atoms with Crippen LogP contribution in [-0.2, 0) is 0 Å². The predicted octanol–water partition coefficient (Wildman–Crippen LogP) is 2.20. The summed E-state index contributed by atoms with van der Waals surface area (Å²) in [6, 6.07) is 5.72. The van der Waals surface area contributed by atoms with Gasteiger partial charge in [-0.2, -0.15) is 0 Å². The summed E-state index contributed by atoms with van der Waals surface area (Å²) in [6.45, 7) is 2.08. The molecule has 0 aromatic heterocycles. The Morgan fingerprint density at radius 1 is 1.42 bits per heavy atom. The molecule has 19 heavy (non-hydrogen) atoms. The van der Waals surface area contributed by atoms with Crippen LogP contribution in [0.2, 0.25) is 0 Å². The molecular formula is C14H20BrN3O. The molecule has 0 radical (unpaired) electrons. The summed E-state index contributed by atoms with van der Waals surface area (Å²) in [5.41, 5.74) is 7.04. The number of hydrogen-bond donors (Lipinski definition) is 1. The Balaban J connectivity index is 2.10. The molecule has 104 valence electrons. The number of piperidine rings is 1. The van der Waals surface area contributed by atoms with E-state index in [1.807, 2.05) is 18.0 Å². The number of hydrogen-bond acceptors (Lipinski definition) is 3. The minimum absolute atomic E-state index is 0.0135. The van der Waals surface area contributed by atoms with E-state index in [0.29, 0.717) is 17.3 Å². The van der Waals surface area contributed by atoms with E-state index in [0.717, 1.165) is 30.4 Å². The molecule has 1 fully saturated rings. The zero-order valence-corrected chi connectivity index (χ0v) is 13.0. The van der Waals surface area contributed by atoms with Gasteiger partial charge in [0.05, 0.1) is 5.56 Å². The van der Waals surface area contributed by atoms with Gasteiger partial charge < -0.3 is 15.5 Å². The largest absolute Gasteiger partial charge is 0.398 e. The van der Waals surface area contributed by atoms with Crippen molar-refractivity contribution in [1.82, 2.24) is 9.80 Å². The minimum Gasteiger partial charge on any atom is -0.398 e. The Labute approximate surface area is 122 Å². The van der Waals surface area contributed by atoms with Gasteiger partial charge in [0.2, 0.25) is 0 Å². The van der Waals surface area contributed by atoms with Gasteiger partial charge in [0, 0.05) is 23.2 Å². The maximum Gasteiger partial charge on any atom is 0.255 e. The third kappa shape index (κ3) is 3.28. The Morgan fingerprint density at radius 2 is 2.05 bits per heavy atom. The third-order valence-corrected chi connectivity index (χ3v) is 4.29. The van der Waals surface area contributed by atoms with Crippen molar-refractivity contribution in [1.29, 1.82) is 0 Å². The molecule has 5 heteroatoms. The first-order valence-corrected chi connectivity index (χ1v) is 7.29. The molecule has 4 nitrogen and oxygen atoms in total. The molecule has 0 spiro atoms. The van der Waals surface area contributed by atoms with Gasteiger partial charge in [-0.05, 0) is 51.2 Å². The van der Waals surface area contributed by atoms with Crippen LogP contribution in [-0.4, -0.2) is 48.9 Å². The van der Waals surface area contributed by atoms with Gasteiger partial charge in [-0.25, -0.2) is 0 Å². The first-order valence-electron chi connectivity index (χ1n) is 6.50. The van der Waals surface area contributed by atoms with E-state index in [4.69, 9.17) is 5.73 Å². The molecule has 2 rings (SSSR count). The standard InChI is InChI=1S/C14H20BrN3O/c1-17-7-5-11(6-8-17)18(2)14(19)12-4-3-10(15)9-13(12)16/h3-4,9,11H,5-8,16H2,1-2H3. The number of benzene rings is 1. The Kier molecular flexibility index (Phi) is 4.47. The quantitative estimate of drug-likeness (QED) is 0.848. The smallest absolute Gasteiger partial charge is 0.255 e. The number of rotatable bonds is 2. The normalized spacial score (nSPS) is 17.4. The molecule has 1 aromatic carbocycles. The van der Waals surface area contributed by atoms with Gasteiger partial charge in [0.15, 0.2) is 0 Å². The molecule has 0 atom stereocenters. The number of halogens is 1. The average Bonchev–Trinajstić information content (AvgIpc) is 2.38. The number of nitrogens with two attached hydrogens (primary N) is 1. The second kappa shape index (κ2) is 5.92. The number of anilines is 1. The lowest BCUT2D eigenvalue weighted by Crippen LogP contribution is -2.44. The molecule has 1 aliphatic heterocycles. The van der Waals surface area contributed by atoms with E-state index < -0.39 is 0 Å². The third-order valence-electron chi connectivity index (χ3n) is 3.80. The van der Waals surface area contributed by atoms with Crippen molar-refractivity contribution in [3.05, 3.63) is 28.2 Å². The summed E-state index contributed by atoms with van der Waals surface area (Å²) in [6.07, 6.45) is 2.05. The average molecular weight is 326 g/mol. The molecule has 1 heterocycles. The van der Waals surface area contributed by atoms with Crippen molar-refractivity contribution >= 4 is 27.5 Å². The highest BCUT2D eigenvalue weighted by Gasteiger charge is 2.25. The number of amides is 1. The number of carbonyl (C=O) groups is 1. The molecule has 2 N–H and O–H groups in total. The lowest BCUT2D eigenvalue weighted by atomic mass is 10.0. The first kappa shape index (κ1) is 14.3. The van der Waals surface area contributed by atoms with Crippen molar-refractivity contribution < 1.29 is 4.79 Å². The Hall–Kier alpha value is -1.07. The molecule has 0 unspecified atom stereocenters. The van der Waals surface area contributed by atoms with Crippen molar-refractivity contribution in [2.24, 2.45) is 0 Å². The van der Waals surface area contributed by atoms with Gasteiger partial charge in [-0.15, -0.1) is 0 Å². The zero-order valence-electron chi connectivity index (χ0n) is 11.4.